The van der Waals surface area contributed by atoms with Crippen LogP contribution in [0.25, 0.3) is 5.65 Å². The van der Waals surface area contributed by atoms with Gasteiger partial charge in [0.15, 0.2) is 11.4 Å². The Morgan fingerprint density at radius 2 is 2.29 bits per heavy atom. The number of rotatable bonds is 1. The predicted octanol–water partition coefficient (Wildman–Crippen LogP) is 2.61. The Balaban J connectivity index is 2.03. The lowest BCUT2D eigenvalue weighted by Gasteiger charge is -2.25. The number of nitriles is 1. The summed E-state index contributed by atoms with van der Waals surface area (Å²) in [7, 11) is 0. The largest absolute Gasteiger partial charge is 0.436 e. The fourth-order valence-electron chi connectivity index (χ4n) is 2.64. The minimum absolute atomic E-state index is 0.152. The molecule has 2 N–H and O–H groups in total. The van der Waals surface area contributed by atoms with Crippen LogP contribution in [-0.2, 0) is 0 Å². The molecule has 3 aromatic rings. The summed E-state index contributed by atoms with van der Waals surface area (Å²) in [6.07, 6.45) is 5.47. The number of hydrogen-bond donors (Lipinski definition) is 1. The number of thiophene rings is 1. The van der Waals surface area contributed by atoms with Gasteiger partial charge in [-0.3, -0.25) is 0 Å². The fourth-order valence-corrected chi connectivity index (χ4v) is 3.49. The van der Waals surface area contributed by atoms with Gasteiger partial charge in [-0.2, -0.15) is 5.26 Å². The third kappa shape index (κ3) is 1.65. The van der Waals surface area contributed by atoms with Gasteiger partial charge < -0.3 is 14.9 Å². The van der Waals surface area contributed by atoms with Crippen molar-refractivity contribution >= 4 is 17.0 Å². The number of pyridine rings is 1. The summed E-state index contributed by atoms with van der Waals surface area (Å²) >= 11 is 1.60. The second kappa shape index (κ2) is 4.36. The Hall–Kier alpha value is -2.78. The molecule has 4 rings (SSSR count). The van der Waals surface area contributed by atoms with Crippen LogP contribution in [0, 0.1) is 11.3 Å². The van der Waals surface area contributed by atoms with Gasteiger partial charge in [0, 0.05) is 29.0 Å². The quantitative estimate of drug-likeness (QED) is 0.748. The third-order valence-electron chi connectivity index (χ3n) is 3.57. The summed E-state index contributed by atoms with van der Waals surface area (Å²) in [6, 6.07) is 8.11. The fraction of sp³-hybridized carbons (Fsp3) is 0.0667. The van der Waals surface area contributed by atoms with Crippen molar-refractivity contribution in [2.45, 2.75) is 5.92 Å². The summed E-state index contributed by atoms with van der Waals surface area (Å²) in [4.78, 5) is 5.38. The lowest BCUT2D eigenvalue weighted by atomic mass is 9.89. The molecule has 0 aliphatic carbocycles. The molecule has 0 radical (unpaired) electrons. The first-order chi connectivity index (χ1) is 10.3. The van der Waals surface area contributed by atoms with Crippen LogP contribution in [0.1, 0.15) is 16.4 Å². The standard InChI is InChI=1S/C15H10N4OS/c16-8-10-12(11-2-1-7-21-11)9-3-5-19-6-4-18-15(19)13(9)20-14(10)17/h1-7,12H,17H2. The van der Waals surface area contributed by atoms with Gasteiger partial charge in [0.1, 0.15) is 11.6 Å². The molecule has 0 amide bonds. The van der Waals surface area contributed by atoms with Gasteiger partial charge in [0.05, 0.1) is 5.92 Å². The lowest BCUT2D eigenvalue weighted by molar-refractivity contribution is 0.396. The smallest absolute Gasteiger partial charge is 0.205 e. The van der Waals surface area contributed by atoms with Crippen molar-refractivity contribution in [2.75, 3.05) is 0 Å². The molecule has 1 aliphatic heterocycles. The number of hydrogen-bond acceptors (Lipinski definition) is 5. The van der Waals surface area contributed by atoms with E-state index in [9.17, 15) is 5.26 Å². The summed E-state index contributed by atoms with van der Waals surface area (Å²) in [5, 5.41) is 11.4. The summed E-state index contributed by atoms with van der Waals surface area (Å²) in [5.41, 5.74) is 8.03. The topological polar surface area (TPSA) is 76.3 Å². The minimum atomic E-state index is -0.194. The molecule has 1 atom stereocenters. The number of allylic oxidation sites excluding steroid dienone is 1. The van der Waals surface area contributed by atoms with Crippen molar-refractivity contribution in [3.05, 3.63) is 64.1 Å². The Bertz CT molecular complexity index is 902. The second-order valence-electron chi connectivity index (χ2n) is 4.70. The van der Waals surface area contributed by atoms with Gasteiger partial charge in [-0.15, -0.1) is 11.3 Å². The number of ether oxygens (including phenoxy) is 1. The van der Waals surface area contributed by atoms with Gasteiger partial charge in [0.2, 0.25) is 5.88 Å². The lowest BCUT2D eigenvalue weighted by Crippen LogP contribution is -2.21. The van der Waals surface area contributed by atoms with Gasteiger partial charge in [-0.25, -0.2) is 4.98 Å². The Labute approximate surface area is 124 Å². The maximum Gasteiger partial charge on any atom is 0.205 e. The molecule has 6 heteroatoms. The summed E-state index contributed by atoms with van der Waals surface area (Å²) in [6.45, 7) is 0. The number of nitrogens with two attached hydrogens (primary N) is 1. The molecule has 0 bridgehead atoms. The van der Waals surface area contributed by atoms with Crippen molar-refractivity contribution in [1.82, 2.24) is 9.38 Å². The molecule has 21 heavy (non-hydrogen) atoms. The van der Waals surface area contributed by atoms with E-state index in [1.54, 1.807) is 17.5 Å². The van der Waals surface area contributed by atoms with E-state index in [0.29, 0.717) is 17.0 Å². The monoisotopic (exact) mass is 294 g/mol. The number of aromatic nitrogens is 2. The van der Waals surface area contributed by atoms with E-state index in [-0.39, 0.29) is 11.8 Å². The van der Waals surface area contributed by atoms with E-state index >= 15 is 0 Å². The minimum Gasteiger partial charge on any atom is -0.436 e. The van der Waals surface area contributed by atoms with Crippen LogP contribution >= 0.6 is 11.3 Å². The van der Waals surface area contributed by atoms with Crippen LogP contribution < -0.4 is 10.5 Å². The molecule has 0 saturated carbocycles. The highest BCUT2D eigenvalue weighted by atomic mass is 32.1. The average molecular weight is 294 g/mol. The van der Waals surface area contributed by atoms with Crippen molar-refractivity contribution in [2.24, 2.45) is 5.73 Å². The zero-order valence-corrected chi connectivity index (χ0v) is 11.7. The van der Waals surface area contributed by atoms with Gasteiger partial charge in [-0.1, -0.05) is 6.07 Å². The molecular weight excluding hydrogens is 284 g/mol. The molecule has 0 aromatic carbocycles. The van der Waals surface area contributed by atoms with E-state index in [1.807, 2.05) is 40.4 Å². The molecule has 4 heterocycles. The molecule has 102 valence electrons. The van der Waals surface area contributed by atoms with Crippen LogP contribution in [0.5, 0.6) is 5.75 Å². The van der Waals surface area contributed by atoms with Crippen molar-refractivity contribution in [1.29, 1.82) is 5.26 Å². The third-order valence-corrected chi connectivity index (χ3v) is 4.51. The number of fused-ring (bicyclic) bond motifs is 3. The first-order valence-corrected chi connectivity index (χ1v) is 7.24. The average Bonchev–Trinajstić information content (AvgIpc) is 3.17. The highest BCUT2D eigenvalue weighted by molar-refractivity contribution is 7.10. The van der Waals surface area contributed by atoms with Crippen molar-refractivity contribution in [3.8, 4) is 11.8 Å². The molecule has 5 nitrogen and oxygen atoms in total. The van der Waals surface area contributed by atoms with Gasteiger partial charge in [-0.05, 0) is 17.5 Å². The highest BCUT2D eigenvalue weighted by Crippen LogP contribution is 2.44. The molecular formula is C15H10N4OS. The summed E-state index contributed by atoms with van der Waals surface area (Å²) < 4.78 is 7.56. The number of nitrogens with zero attached hydrogens (tertiary/aromatic N) is 3. The first kappa shape index (κ1) is 12.0. The van der Waals surface area contributed by atoms with E-state index in [4.69, 9.17) is 10.5 Å². The number of imidazole rings is 1. The van der Waals surface area contributed by atoms with Crippen molar-refractivity contribution < 1.29 is 4.74 Å². The van der Waals surface area contributed by atoms with E-state index in [0.717, 1.165) is 10.4 Å². The van der Waals surface area contributed by atoms with E-state index in [2.05, 4.69) is 11.1 Å². The van der Waals surface area contributed by atoms with Crippen molar-refractivity contribution in [3.63, 3.8) is 0 Å². The Morgan fingerprint density at radius 1 is 1.38 bits per heavy atom. The zero-order valence-electron chi connectivity index (χ0n) is 10.9. The molecule has 3 aromatic heterocycles. The van der Waals surface area contributed by atoms with Crippen LogP contribution in [0.15, 0.2) is 53.6 Å². The summed E-state index contributed by atoms with van der Waals surface area (Å²) in [5.74, 6) is 0.581. The zero-order chi connectivity index (χ0) is 14.4. The van der Waals surface area contributed by atoms with Crippen LogP contribution in [0.3, 0.4) is 0 Å². The first-order valence-electron chi connectivity index (χ1n) is 6.36. The molecule has 0 saturated heterocycles. The molecule has 0 spiro atoms. The van der Waals surface area contributed by atoms with Gasteiger partial charge in [0.25, 0.3) is 0 Å². The van der Waals surface area contributed by atoms with Crippen LogP contribution in [0.2, 0.25) is 0 Å². The maximum absolute atomic E-state index is 9.45. The highest BCUT2D eigenvalue weighted by Gasteiger charge is 2.32. The van der Waals surface area contributed by atoms with Gasteiger partial charge >= 0.3 is 0 Å². The predicted molar refractivity (Wildman–Crippen MR) is 78.8 cm³/mol. The molecule has 0 fully saturated rings. The Kier molecular flexibility index (Phi) is 2.49. The van der Waals surface area contributed by atoms with Crippen LogP contribution in [-0.4, -0.2) is 9.38 Å². The normalized spacial score (nSPS) is 17.4. The second-order valence-corrected chi connectivity index (χ2v) is 5.68. The maximum atomic E-state index is 9.45. The van der Waals surface area contributed by atoms with E-state index < -0.39 is 0 Å². The Morgan fingerprint density at radius 3 is 3.05 bits per heavy atom. The SMILES string of the molecule is N#CC1=C(N)Oc2c(ccn3ccnc23)C1c1cccs1. The molecule has 1 unspecified atom stereocenters. The molecule has 1 aliphatic rings. The van der Waals surface area contributed by atoms with Crippen LogP contribution in [0.4, 0.5) is 0 Å². The van der Waals surface area contributed by atoms with E-state index in [1.165, 1.54) is 0 Å².